The van der Waals surface area contributed by atoms with Crippen molar-refractivity contribution in [2.24, 2.45) is 0 Å². The normalized spacial score (nSPS) is 15.5. The lowest BCUT2D eigenvalue weighted by Gasteiger charge is -2.20. The average Bonchev–Trinajstić information content (AvgIpc) is 3.06. The summed E-state index contributed by atoms with van der Waals surface area (Å²) in [7, 11) is 0. The van der Waals surface area contributed by atoms with Crippen molar-refractivity contribution in [1.82, 2.24) is 4.90 Å². The van der Waals surface area contributed by atoms with Crippen LogP contribution in [0.15, 0.2) is 0 Å². The van der Waals surface area contributed by atoms with Gasteiger partial charge in [-0.2, -0.15) is 5.26 Å². The van der Waals surface area contributed by atoms with Gasteiger partial charge in [0.15, 0.2) is 0 Å². The summed E-state index contributed by atoms with van der Waals surface area (Å²) in [6.45, 7) is 5.79. The van der Waals surface area contributed by atoms with E-state index in [2.05, 4.69) is 17.9 Å². The van der Waals surface area contributed by atoms with Gasteiger partial charge in [-0.15, -0.1) is 0 Å². The van der Waals surface area contributed by atoms with Crippen LogP contribution >= 0.6 is 0 Å². The first-order valence-electron chi connectivity index (χ1n) is 6.07. The Hall–Kier alpha value is -0.590. The van der Waals surface area contributed by atoms with Crippen LogP contribution in [0.4, 0.5) is 0 Å². The Morgan fingerprint density at radius 3 is 2.73 bits per heavy atom. The molecule has 0 unspecified atom stereocenters. The maximum Gasteiger partial charge on any atom is 0.0635 e. The van der Waals surface area contributed by atoms with Gasteiger partial charge in [0.2, 0.25) is 0 Å². The number of nitriles is 1. The van der Waals surface area contributed by atoms with Crippen molar-refractivity contribution in [1.29, 1.82) is 5.26 Å². The summed E-state index contributed by atoms with van der Waals surface area (Å²) >= 11 is 0. The third kappa shape index (κ3) is 5.76. The SMILES string of the molecule is CCCCOCCN(CCC#N)C1CC1. The molecular formula is C12H22N2O. The lowest BCUT2D eigenvalue weighted by atomic mass is 10.3. The van der Waals surface area contributed by atoms with Crippen molar-refractivity contribution in [3.8, 4) is 6.07 Å². The fourth-order valence-electron chi connectivity index (χ4n) is 1.64. The van der Waals surface area contributed by atoms with Gasteiger partial charge >= 0.3 is 0 Å². The quantitative estimate of drug-likeness (QED) is 0.547. The molecule has 15 heavy (non-hydrogen) atoms. The van der Waals surface area contributed by atoms with Crippen LogP contribution in [0, 0.1) is 11.3 Å². The second kappa shape index (κ2) is 7.67. The number of hydrogen-bond acceptors (Lipinski definition) is 3. The van der Waals surface area contributed by atoms with E-state index in [-0.39, 0.29) is 0 Å². The van der Waals surface area contributed by atoms with E-state index in [0.29, 0.717) is 6.42 Å². The zero-order valence-electron chi connectivity index (χ0n) is 9.74. The zero-order chi connectivity index (χ0) is 10.9. The topological polar surface area (TPSA) is 36.3 Å². The third-order valence-corrected chi connectivity index (χ3v) is 2.74. The molecule has 0 saturated heterocycles. The van der Waals surface area contributed by atoms with Crippen molar-refractivity contribution in [3.05, 3.63) is 0 Å². The Balaban J connectivity index is 2.01. The lowest BCUT2D eigenvalue weighted by molar-refractivity contribution is 0.0995. The highest BCUT2D eigenvalue weighted by molar-refractivity contribution is 4.86. The maximum absolute atomic E-state index is 8.55. The molecule has 86 valence electrons. The Kier molecular flexibility index (Phi) is 6.38. The third-order valence-electron chi connectivity index (χ3n) is 2.74. The van der Waals surface area contributed by atoms with Crippen LogP contribution in [0.1, 0.15) is 39.0 Å². The largest absolute Gasteiger partial charge is 0.380 e. The number of unbranched alkanes of at least 4 members (excludes halogenated alkanes) is 1. The molecule has 0 radical (unpaired) electrons. The molecular weight excluding hydrogens is 188 g/mol. The predicted molar refractivity (Wildman–Crippen MR) is 60.6 cm³/mol. The molecule has 1 saturated carbocycles. The van der Waals surface area contributed by atoms with Gasteiger partial charge in [-0.3, -0.25) is 4.90 Å². The maximum atomic E-state index is 8.55. The summed E-state index contributed by atoms with van der Waals surface area (Å²) in [5, 5.41) is 8.55. The fourth-order valence-corrected chi connectivity index (χ4v) is 1.64. The van der Waals surface area contributed by atoms with Gasteiger partial charge < -0.3 is 4.74 Å². The van der Waals surface area contributed by atoms with E-state index in [4.69, 9.17) is 10.00 Å². The highest BCUT2D eigenvalue weighted by Crippen LogP contribution is 2.26. The molecule has 0 aromatic rings. The van der Waals surface area contributed by atoms with Crippen LogP contribution in [-0.4, -0.2) is 37.2 Å². The molecule has 0 aromatic heterocycles. The molecule has 0 spiro atoms. The van der Waals surface area contributed by atoms with E-state index in [1.165, 1.54) is 19.3 Å². The number of hydrogen-bond donors (Lipinski definition) is 0. The van der Waals surface area contributed by atoms with Crippen LogP contribution in [0.25, 0.3) is 0 Å². The lowest BCUT2D eigenvalue weighted by Crippen LogP contribution is -2.30. The number of ether oxygens (including phenoxy) is 1. The van der Waals surface area contributed by atoms with E-state index >= 15 is 0 Å². The van der Waals surface area contributed by atoms with Gasteiger partial charge in [0.1, 0.15) is 0 Å². The van der Waals surface area contributed by atoms with Crippen LogP contribution < -0.4 is 0 Å². The Morgan fingerprint density at radius 1 is 1.33 bits per heavy atom. The van der Waals surface area contributed by atoms with Gasteiger partial charge in [0.05, 0.1) is 12.7 Å². The molecule has 1 fully saturated rings. The van der Waals surface area contributed by atoms with Crippen LogP contribution in [-0.2, 0) is 4.74 Å². The highest BCUT2D eigenvalue weighted by atomic mass is 16.5. The highest BCUT2D eigenvalue weighted by Gasteiger charge is 2.27. The van der Waals surface area contributed by atoms with Crippen LogP contribution in [0.3, 0.4) is 0 Å². The molecule has 1 aliphatic carbocycles. The van der Waals surface area contributed by atoms with E-state index in [1.54, 1.807) is 0 Å². The molecule has 3 nitrogen and oxygen atoms in total. The summed E-state index contributed by atoms with van der Waals surface area (Å²) in [5.74, 6) is 0. The summed E-state index contributed by atoms with van der Waals surface area (Å²) in [6, 6.07) is 2.95. The van der Waals surface area contributed by atoms with E-state index in [1.807, 2.05) is 0 Å². The molecule has 0 N–H and O–H groups in total. The summed E-state index contributed by atoms with van der Waals surface area (Å²) in [4.78, 5) is 2.40. The minimum absolute atomic E-state index is 0.644. The Bertz CT molecular complexity index is 196. The minimum Gasteiger partial charge on any atom is -0.380 e. The van der Waals surface area contributed by atoms with Crippen molar-refractivity contribution < 1.29 is 4.74 Å². The number of rotatable bonds is 9. The summed E-state index contributed by atoms with van der Waals surface area (Å²) in [5.41, 5.74) is 0. The monoisotopic (exact) mass is 210 g/mol. The first-order chi connectivity index (χ1) is 7.38. The first kappa shape index (κ1) is 12.5. The van der Waals surface area contributed by atoms with Crippen molar-refractivity contribution in [3.63, 3.8) is 0 Å². The van der Waals surface area contributed by atoms with E-state index < -0.39 is 0 Å². The molecule has 0 amide bonds. The Morgan fingerprint density at radius 2 is 2.13 bits per heavy atom. The van der Waals surface area contributed by atoms with Gasteiger partial charge in [-0.1, -0.05) is 13.3 Å². The van der Waals surface area contributed by atoms with Crippen LogP contribution in [0.5, 0.6) is 0 Å². The van der Waals surface area contributed by atoms with E-state index in [0.717, 1.165) is 38.8 Å². The Labute approximate surface area is 93.0 Å². The predicted octanol–water partition coefficient (Wildman–Crippen LogP) is 2.18. The van der Waals surface area contributed by atoms with Gasteiger partial charge in [0.25, 0.3) is 0 Å². The van der Waals surface area contributed by atoms with Gasteiger partial charge in [0, 0.05) is 32.2 Å². The van der Waals surface area contributed by atoms with Crippen molar-refractivity contribution in [2.45, 2.75) is 45.1 Å². The van der Waals surface area contributed by atoms with Gasteiger partial charge in [-0.25, -0.2) is 0 Å². The van der Waals surface area contributed by atoms with Gasteiger partial charge in [-0.05, 0) is 19.3 Å². The second-order valence-electron chi connectivity index (χ2n) is 4.14. The fraction of sp³-hybridized carbons (Fsp3) is 0.917. The second-order valence-corrected chi connectivity index (χ2v) is 4.14. The smallest absolute Gasteiger partial charge is 0.0635 e. The van der Waals surface area contributed by atoms with Crippen molar-refractivity contribution in [2.75, 3.05) is 26.3 Å². The molecule has 1 rings (SSSR count). The minimum atomic E-state index is 0.644. The average molecular weight is 210 g/mol. The summed E-state index contributed by atoms with van der Waals surface area (Å²) < 4.78 is 5.54. The standard InChI is InChI=1S/C12H22N2O/c1-2-3-10-15-11-9-14(8-4-7-13)12-5-6-12/h12H,2-6,8-11H2,1H3. The molecule has 0 atom stereocenters. The molecule has 0 heterocycles. The molecule has 1 aliphatic rings. The molecule has 0 bridgehead atoms. The molecule has 0 aliphatic heterocycles. The molecule has 0 aromatic carbocycles. The van der Waals surface area contributed by atoms with Crippen LogP contribution in [0.2, 0.25) is 0 Å². The number of nitrogens with zero attached hydrogens (tertiary/aromatic N) is 2. The van der Waals surface area contributed by atoms with E-state index in [9.17, 15) is 0 Å². The molecule has 3 heteroatoms. The first-order valence-corrected chi connectivity index (χ1v) is 6.07. The van der Waals surface area contributed by atoms with Crippen molar-refractivity contribution >= 4 is 0 Å². The summed E-state index contributed by atoms with van der Waals surface area (Å²) in [6.07, 6.45) is 5.61. The zero-order valence-corrected chi connectivity index (χ0v) is 9.74.